The third-order valence-electron chi connectivity index (χ3n) is 3.87. The summed E-state index contributed by atoms with van der Waals surface area (Å²) in [5.41, 5.74) is 1.33. The number of likely N-dealkylation sites (N-methyl/N-ethyl adjacent to an activating group) is 1. The second-order valence-corrected chi connectivity index (χ2v) is 7.65. The Morgan fingerprint density at radius 1 is 1.20 bits per heavy atom. The van der Waals surface area contributed by atoms with Crippen molar-refractivity contribution in [1.29, 1.82) is 0 Å². The molecule has 5 heteroatoms. The van der Waals surface area contributed by atoms with Gasteiger partial charge in [0.15, 0.2) is 0 Å². The van der Waals surface area contributed by atoms with Crippen molar-refractivity contribution in [3.05, 3.63) is 29.8 Å². The van der Waals surface area contributed by atoms with Gasteiger partial charge in [-0.2, -0.15) is 0 Å². The van der Waals surface area contributed by atoms with Crippen LogP contribution in [0.1, 0.15) is 32.3 Å². The molecule has 0 bridgehead atoms. The molecule has 2 N–H and O–H groups in total. The molecule has 4 nitrogen and oxygen atoms in total. The summed E-state index contributed by atoms with van der Waals surface area (Å²) in [5, 5.41) is 3.25. The third kappa shape index (κ3) is 4.30. The van der Waals surface area contributed by atoms with E-state index in [0.29, 0.717) is 11.4 Å². The highest BCUT2D eigenvalue weighted by atomic mass is 32.2. The lowest BCUT2D eigenvalue weighted by Crippen LogP contribution is -2.29. The second-order valence-electron chi connectivity index (χ2n) is 5.88. The zero-order chi connectivity index (χ0) is 14.6. The molecule has 0 unspecified atom stereocenters. The summed E-state index contributed by atoms with van der Waals surface area (Å²) in [7, 11) is -3.36. The van der Waals surface area contributed by atoms with Gasteiger partial charge in [0.05, 0.1) is 4.90 Å². The molecule has 0 aromatic heterocycles. The van der Waals surface area contributed by atoms with Crippen LogP contribution in [0.2, 0.25) is 0 Å². The normalized spacial score (nSPS) is 17.1. The first-order valence-electron chi connectivity index (χ1n) is 7.24. The van der Waals surface area contributed by atoms with Crippen LogP contribution in [0.25, 0.3) is 0 Å². The molecule has 1 saturated carbocycles. The fraction of sp³-hybridized carbons (Fsp3) is 0.600. The van der Waals surface area contributed by atoms with Gasteiger partial charge in [0, 0.05) is 6.54 Å². The summed E-state index contributed by atoms with van der Waals surface area (Å²) < 4.78 is 27.0. The summed E-state index contributed by atoms with van der Waals surface area (Å²) in [6.07, 6.45) is 3.14. The molecule has 0 heterocycles. The van der Waals surface area contributed by atoms with Crippen LogP contribution < -0.4 is 10.0 Å². The predicted octanol–water partition coefficient (Wildman–Crippen LogP) is 1.92. The fourth-order valence-electron chi connectivity index (χ4n) is 1.99. The van der Waals surface area contributed by atoms with Crippen molar-refractivity contribution in [2.45, 2.75) is 38.0 Å². The minimum atomic E-state index is -3.36. The van der Waals surface area contributed by atoms with E-state index in [-0.39, 0.29) is 5.41 Å². The molecule has 0 amide bonds. The van der Waals surface area contributed by atoms with Crippen LogP contribution in [-0.4, -0.2) is 28.1 Å². The molecule has 1 aromatic rings. The highest BCUT2D eigenvalue weighted by Crippen LogP contribution is 2.44. The zero-order valence-corrected chi connectivity index (χ0v) is 13.1. The molecule has 1 fully saturated rings. The quantitative estimate of drug-likeness (QED) is 0.721. The number of hydrogen-bond acceptors (Lipinski definition) is 3. The Hall–Kier alpha value is -0.910. The van der Waals surface area contributed by atoms with Gasteiger partial charge in [0.1, 0.15) is 0 Å². The molecule has 0 atom stereocenters. The topological polar surface area (TPSA) is 58.2 Å². The first-order chi connectivity index (χ1) is 9.45. The monoisotopic (exact) mass is 296 g/mol. The molecule has 1 aromatic carbocycles. The van der Waals surface area contributed by atoms with Crippen LogP contribution >= 0.6 is 0 Å². The van der Waals surface area contributed by atoms with Crippen LogP contribution in [0.4, 0.5) is 0 Å². The summed E-state index contributed by atoms with van der Waals surface area (Å²) in [5.74, 6) is 0. The van der Waals surface area contributed by atoms with Crippen molar-refractivity contribution < 1.29 is 8.42 Å². The second kappa shape index (κ2) is 6.24. The first kappa shape index (κ1) is 15.5. The molecule has 0 radical (unpaired) electrons. The largest absolute Gasteiger partial charge is 0.317 e. The van der Waals surface area contributed by atoms with E-state index in [4.69, 9.17) is 0 Å². The number of benzene rings is 1. The maximum absolute atomic E-state index is 12.2. The summed E-state index contributed by atoms with van der Waals surface area (Å²) in [6, 6.07) is 7.17. The molecular weight excluding hydrogens is 272 g/mol. The third-order valence-corrected chi connectivity index (χ3v) is 5.28. The maximum atomic E-state index is 12.2. The van der Waals surface area contributed by atoms with E-state index in [1.54, 1.807) is 12.1 Å². The molecule has 1 aliphatic rings. The van der Waals surface area contributed by atoms with Crippen molar-refractivity contribution in [1.82, 2.24) is 10.0 Å². The standard InChI is InChI=1S/C15H24N2O2S/c1-3-16-11-8-13-4-6-14(7-5-13)20(18,19)17-12-15(2)9-10-15/h4-7,16-17H,3,8-12H2,1-2H3. The maximum Gasteiger partial charge on any atom is 0.240 e. The molecule has 112 valence electrons. The lowest BCUT2D eigenvalue weighted by molar-refractivity contribution is 0.530. The Kier molecular flexibility index (Phi) is 4.83. The van der Waals surface area contributed by atoms with Crippen LogP contribution in [-0.2, 0) is 16.4 Å². The van der Waals surface area contributed by atoms with E-state index in [0.717, 1.165) is 37.9 Å². The van der Waals surface area contributed by atoms with Crippen molar-refractivity contribution in [2.75, 3.05) is 19.6 Å². The van der Waals surface area contributed by atoms with Gasteiger partial charge < -0.3 is 5.32 Å². The number of hydrogen-bond donors (Lipinski definition) is 2. The van der Waals surface area contributed by atoms with E-state index in [9.17, 15) is 8.42 Å². The average Bonchev–Trinajstić information content (AvgIpc) is 3.16. The zero-order valence-electron chi connectivity index (χ0n) is 12.3. The summed E-state index contributed by atoms with van der Waals surface area (Å²) in [6.45, 7) is 6.59. The molecule has 0 spiro atoms. The van der Waals surface area contributed by atoms with Gasteiger partial charge >= 0.3 is 0 Å². The van der Waals surface area contributed by atoms with Crippen molar-refractivity contribution in [2.24, 2.45) is 5.41 Å². The fourth-order valence-corrected chi connectivity index (χ4v) is 3.19. The number of sulfonamides is 1. The Morgan fingerprint density at radius 3 is 2.40 bits per heavy atom. The van der Waals surface area contributed by atoms with Crippen LogP contribution in [0, 0.1) is 5.41 Å². The lowest BCUT2D eigenvalue weighted by atomic mass is 10.1. The van der Waals surface area contributed by atoms with Crippen molar-refractivity contribution in [3.8, 4) is 0 Å². The SMILES string of the molecule is CCNCCc1ccc(S(=O)(=O)NCC2(C)CC2)cc1. The van der Waals surface area contributed by atoms with Gasteiger partial charge in [-0.15, -0.1) is 0 Å². The predicted molar refractivity (Wildman–Crippen MR) is 81.2 cm³/mol. The van der Waals surface area contributed by atoms with E-state index >= 15 is 0 Å². The van der Waals surface area contributed by atoms with E-state index < -0.39 is 10.0 Å². The minimum Gasteiger partial charge on any atom is -0.317 e. The molecule has 20 heavy (non-hydrogen) atoms. The molecule has 0 aliphatic heterocycles. The van der Waals surface area contributed by atoms with Crippen LogP contribution in [0.15, 0.2) is 29.2 Å². The Balaban J connectivity index is 1.93. The van der Waals surface area contributed by atoms with Gasteiger partial charge in [-0.25, -0.2) is 13.1 Å². The van der Waals surface area contributed by atoms with E-state index in [2.05, 4.69) is 23.9 Å². The van der Waals surface area contributed by atoms with Gasteiger partial charge in [-0.3, -0.25) is 0 Å². The summed E-state index contributed by atoms with van der Waals surface area (Å²) in [4.78, 5) is 0.356. The molecule has 2 rings (SSSR count). The first-order valence-corrected chi connectivity index (χ1v) is 8.73. The van der Waals surface area contributed by atoms with Crippen LogP contribution in [0.5, 0.6) is 0 Å². The van der Waals surface area contributed by atoms with Gasteiger partial charge in [-0.1, -0.05) is 26.0 Å². The highest BCUT2D eigenvalue weighted by Gasteiger charge is 2.38. The number of rotatable bonds is 8. The van der Waals surface area contributed by atoms with Gasteiger partial charge in [-0.05, 0) is 55.5 Å². The average molecular weight is 296 g/mol. The highest BCUT2D eigenvalue weighted by molar-refractivity contribution is 7.89. The molecule has 1 aliphatic carbocycles. The Bertz CT molecular complexity index is 533. The smallest absolute Gasteiger partial charge is 0.240 e. The van der Waals surface area contributed by atoms with Crippen molar-refractivity contribution in [3.63, 3.8) is 0 Å². The van der Waals surface area contributed by atoms with E-state index in [1.807, 2.05) is 12.1 Å². The molecular formula is C15H24N2O2S. The minimum absolute atomic E-state index is 0.179. The summed E-state index contributed by atoms with van der Waals surface area (Å²) >= 11 is 0. The Morgan fingerprint density at radius 2 is 1.85 bits per heavy atom. The van der Waals surface area contributed by atoms with Crippen LogP contribution in [0.3, 0.4) is 0 Å². The molecule has 0 saturated heterocycles. The van der Waals surface area contributed by atoms with Crippen molar-refractivity contribution >= 4 is 10.0 Å². The Labute approximate surface area is 122 Å². The van der Waals surface area contributed by atoms with Gasteiger partial charge in [0.25, 0.3) is 0 Å². The number of nitrogens with one attached hydrogen (secondary N) is 2. The van der Waals surface area contributed by atoms with Gasteiger partial charge in [0.2, 0.25) is 10.0 Å². The lowest BCUT2D eigenvalue weighted by Gasteiger charge is -2.11. The van der Waals surface area contributed by atoms with E-state index in [1.165, 1.54) is 0 Å².